The van der Waals surface area contributed by atoms with E-state index in [1.807, 2.05) is 38.1 Å². The molecule has 0 aliphatic heterocycles. The lowest BCUT2D eigenvalue weighted by molar-refractivity contribution is 0.416. The molecule has 0 radical (unpaired) electrons. The Hall–Kier alpha value is -1.24. The van der Waals surface area contributed by atoms with Gasteiger partial charge in [-0.25, -0.2) is 0 Å². The molecule has 0 fully saturated rings. The normalized spacial score (nSPS) is 12.6. The molecule has 0 heterocycles. The number of aliphatic hydroxyl groups is 1. The van der Waals surface area contributed by atoms with Crippen LogP contribution in [0, 0.1) is 6.92 Å². The third kappa shape index (κ3) is 1.67. The maximum Gasteiger partial charge on any atom is 0.0926 e. The summed E-state index contributed by atoms with van der Waals surface area (Å²) in [6.45, 7) is 5.68. The van der Waals surface area contributed by atoms with Gasteiger partial charge in [0, 0.05) is 0 Å². The zero-order valence-electron chi connectivity index (χ0n) is 7.76. The molecule has 0 spiro atoms. The van der Waals surface area contributed by atoms with E-state index in [0.717, 1.165) is 11.1 Å². The molecule has 1 aromatic carbocycles. The molecular formula is C11H14O. The minimum absolute atomic E-state index is 0.393. The van der Waals surface area contributed by atoms with Crippen LogP contribution in [0.25, 0.3) is 5.57 Å². The molecule has 1 heteroatoms. The maximum atomic E-state index is 9.28. The second-order valence-corrected chi connectivity index (χ2v) is 3.03. The van der Waals surface area contributed by atoms with Crippen molar-refractivity contribution in [3.63, 3.8) is 0 Å². The second-order valence-electron chi connectivity index (χ2n) is 3.03. The van der Waals surface area contributed by atoms with Crippen molar-refractivity contribution in [2.75, 3.05) is 0 Å². The van der Waals surface area contributed by atoms with Crippen molar-refractivity contribution >= 4 is 5.57 Å². The van der Waals surface area contributed by atoms with E-state index in [-0.39, 0.29) is 0 Å². The van der Waals surface area contributed by atoms with Crippen LogP contribution in [0.3, 0.4) is 0 Å². The Morgan fingerprint density at radius 2 is 1.75 bits per heavy atom. The van der Waals surface area contributed by atoms with Gasteiger partial charge in [-0.15, -0.1) is 0 Å². The maximum absolute atomic E-state index is 9.28. The van der Waals surface area contributed by atoms with Crippen molar-refractivity contribution in [3.05, 3.63) is 41.2 Å². The van der Waals surface area contributed by atoms with E-state index in [9.17, 15) is 5.11 Å². The number of allylic oxidation sites excluding steroid dienone is 2. The minimum Gasteiger partial charge on any atom is -0.512 e. The lowest BCUT2D eigenvalue weighted by Crippen LogP contribution is -1.87. The summed E-state index contributed by atoms with van der Waals surface area (Å²) in [4.78, 5) is 0. The molecule has 1 aromatic rings. The van der Waals surface area contributed by atoms with Crippen LogP contribution >= 0.6 is 0 Å². The van der Waals surface area contributed by atoms with Gasteiger partial charge in [0.1, 0.15) is 0 Å². The molecule has 0 unspecified atom stereocenters. The number of hydrogen-bond acceptors (Lipinski definition) is 1. The fourth-order valence-corrected chi connectivity index (χ4v) is 1.19. The Bertz CT molecular complexity index is 307. The molecule has 0 aliphatic carbocycles. The van der Waals surface area contributed by atoms with Crippen LogP contribution in [0.1, 0.15) is 25.0 Å². The third-order valence-electron chi connectivity index (χ3n) is 2.09. The van der Waals surface area contributed by atoms with Crippen molar-refractivity contribution < 1.29 is 5.11 Å². The van der Waals surface area contributed by atoms with Crippen LogP contribution < -0.4 is 0 Å². The van der Waals surface area contributed by atoms with E-state index in [0.29, 0.717) is 5.76 Å². The highest BCUT2D eigenvalue weighted by atomic mass is 16.3. The number of benzene rings is 1. The van der Waals surface area contributed by atoms with E-state index in [4.69, 9.17) is 0 Å². The summed E-state index contributed by atoms with van der Waals surface area (Å²) in [5.41, 5.74) is 3.27. The Balaban J connectivity index is 3.21. The molecular weight excluding hydrogens is 148 g/mol. The van der Waals surface area contributed by atoms with Gasteiger partial charge in [-0.2, -0.15) is 0 Å². The van der Waals surface area contributed by atoms with Crippen LogP contribution in [0.2, 0.25) is 0 Å². The van der Waals surface area contributed by atoms with E-state index in [1.54, 1.807) is 6.92 Å². The van der Waals surface area contributed by atoms with Crippen LogP contribution in [0.15, 0.2) is 30.0 Å². The highest BCUT2D eigenvalue weighted by Gasteiger charge is 2.01. The molecule has 0 aromatic heterocycles. The number of rotatable bonds is 1. The summed E-state index contributed by atoms with van der Waals surface area (Å²) >= 11 is 0. The third-order valence-corrected chi connectivity index (χ3v) is 2.09. The molecule has 1 N–H and O–H groups in total. The molecule has 0 atom stereocenters. The summed E-state index contributed by atoms with van der Waals surface area (Å²) in [5, 5.41) is 9.28. The molecule has 1 nitrogen and oxygen atoms in total. The zero-order valence-corrected chi connectivity index (χ0v) is 7.76. The van der Waals surface area contributed by atoms with E-state index in [2.05, 4.69) is 0 Å². The summed E-state index contributed by atoms with van der Waals surface area (Å²) < 4.78 is 0. The number of hydrogen-bond donors (Lipinski definition) is 1. The van der Waals surface area contributed by atoms with Gasteiger partial charge >= 0.3 is 0 Å². The monoisotopic (exact) mass is 162 g/mol. The summed E-state index contributed by atoms with van der Waals surface area (Å²) in [7, 11) is 0. The van der Waals surface area contributed by atoms with E-state index < -0.39 is 0 Å². The molecule has 0 bridgehead atoms. The predicted molar refractivity (Wildman–Crippen MR) is 52.1 cm³/mol. The minimum atomic E-state index is 0.393. The van der Waals surface area contributed by atoms with Crippen LogP contribution in [0.4, 0.5) is 0 Å². The van der Waals surface area contributed by atoms with Crippen molar-refractivity contribution in [1.29, 1.82) is 0 Å². The quantitative estimate of drug-likeness (QED) is 0.628. The summed E-state index contributed by atoms with van der Waals surface area (Å²) in [6.07, 6.45) is 0. The van der Waals surface area contributed by atoms with Gasteiger partial charge in [0.2, 0.25) is 0 Å². The zero-order chi connectivity index (χ0) is 9.14. The van der Waals surface area contributed by atoms with Gasteiger partial charge in [0.05, 0.1) is 5.76 Å². The van der Waals surface area contributed by atoms with Crippen LogP contribution in [-0.2, 0) is 0 Å². The molecule has 0 saturated heterocycles. The Morgan fingerprint density at radius 1 is 1.17 bits per heavy atom. The Labute approximate surface area is 73.4 Å². The molecule has 0 aliphatic rings. The van der Waals surface area contributed by atoms with E-state index in [1.165, 1.54) is 5.56 Å². The van der Waals surface area contributed by atoms with Crippen molar-refractivity contribution in [2.45, 2.75) is 20.8 Å². The van der Waals surface area contributed by atoms with Crippen LogP contribution in [-0.4, -0.2) is 5.11 Å². The first-order valence-electron chi connectivity index (χ1n) is 4.05. The van der Waals surface area contributed by atoms with Gasteiger partial charge in [-0.3, -0.25) is 0 Å². The van der Waals surface area contributed by atoms with Gasteiger partial charge < -0.3 is 5.11 Å². The first-order valence-corrected chi connectivity index (χ1v) is 4.05. The van der Waals surface area contributed by atoms with E-state index >= 15 is 0 Å². The fraction of sp³-hybridized carbons (Fsp3) is 0.273. The summed E-state index contributed by atoms with van der Waals surface area (Å²) in [5.74, 6) is 0.393. The van der Waals surface area contributed by atoms with Crippen LogP contribution in [0.5, 0.6) is 0 Å². The smallest absolute Gasteiger partial charge is 0.0926 e. The lowest BCUT2D eigenvalue weighted by Gasteiger charge is -2.05. The summed E-state index contributed by atoms with van der Waals surface area (Å²) in [6, 6.07) is 8.04. The first-order chi connectivity index (χ1) is 5.63. The number of aryl methyl sites for hydroxylation is 1. The Kier molecular flexibility index (Phi) is 2.54. The second kappa shape index (κ2) is 3.44. The van der Waals surface area contributed by atoms with Gasteiger partial charge in [0.25, 0.3) is 0 Å². The van der Waals surface area contributed by atoms with Crippen molar-refractivity contribution in [2.24, 2.45) is 0 Å². The molecule has 0 amide bonds. The standard InChI is InChI=1S/C11H14O/c1-8-6-4-5-7-11(8)9(2)10(3)12/h4-7,12H,1-3H3/b10-9+. The van der Waals surface area contributed by atoms with Gasteiger partial charge in [-0.1, -0.05) is 24.3 Å². The van der Waals surface area contributed by atoms with Gasteiger partial charge in [-0.05, 0) is 37.5 Å². The topological polar surface area (TPSA) is 20.2 Å². The predicted octanol–water partition coefficient (Wildman–Crippen LogP) is 3.30. The highest BCUT2D eigenvalue weighted by Crippen LogP contribution is 2.19. The average Bonchev–Trinajstić information content (AvgIpc) is 2.04. The lowest BCUT2D eigenvalue weighted by atomic mass is 10.0. The van der Waals surface area contributed by atoms with Gasteiger partial charge in [0.15, 0.2) is 0 Å². The average molecular weight is 162 g/mol. The molecule has 12 heavy (non-hydrogen) atoms. The molecule has 64 valence electrons. The SMILES string of the molecule is C/C(O)=C(/C)c1ccccc1C. The molecule has 1 rings (SSSR count). The number of aliphatic hydroxyl groups excluding tert-OH is 1. The fourth-order valence-electron chi connectivity index (χ4n) is 1.19. The highest BCUT2D eigenvalue weighted by molar-refractivity contribution is 5.67. The largest absolute Gasteiger partial charge is 0.512 e. The van der Waals surface area contributed by atoms with Crippen molar-refractivity contribution in [3.8, 4) is 0 Å². The Morgan fingerprint density at radius 3 is 2.25 bits per heavy atom. The first kappa shape index (κ1) is 8.85. The van der Waals surface area contributed by atoms with Crippen molar-refractivity contribution in [1.82, 2.24) is 0 Å². The molecule has 0 saturated carbocycles.